The summed E-state index contributed by atoms with van der Waals surface area (Å²) in [6.07, 6.45) is 0.902. The number of morpholine rings is 1. The number of rotatable bonds is 4. The molecule has 1 saturated heterocycles. The van der Waals surface area contributed by atoms with Crippen LogP contribution in [0.2, 0.25) is 0 Å². The van der Waals surface area contributed by atoms with Gasteiger partial charge in [0, 0.05) is 18.8 Å². The van der Waals surface area contributed by atoms with Gasteiger partial charge in [-0.15, -0.1) is 0 Å². The van der Waals surface area contributed by atoms with Crippen LogP contribution in [0.4, 0.5) is 10.5 Å². The molecule has 2 rings (SSSR count). The average Bonchev–Trinajstić information content (AvgIpc) is 2.47. The van der Waals surface area contributed by atoms with Gasteiger partial charge in [-0.1, -0.05) is 19.1 Å². The van der Waals surface area contributed by atoms with E-state index in [0.29, 0.717) is 30.9 Å². The highest BCUT2D eigenvalue weighted by molar-refractivity contribution is 5.89. The van der Waals surface area contributed by atoms with E-state index in [1.54, 1.807) is 29.2 Å². The van der Waals surface area contributed by atoms with Crippen LogP contribution in [0.25, 0.3) is 0 Å². The number of anilines is 1. The monoisotopic (exact) mass is 292 g/mol. The van der Waals surface area contributed by atoms with Crippen LogP contribution in [0.1, 0.15) is 18.9 Å². The number of nitrogens with zero attached hydrogens (tertiary/aromatic N) is 1. The van der Waals surface area contributed by atoms with Gasteiger partial charge in [-0.25, -0.2) is 4.79 Å². The standard InChI is InChI=1S/C15H20N2O4/c1-2-13-10-17(6-7-21-13)15(20)16-12-5-3-4-11(8-12)9-14(18)19/h3-5,8,13H,2,6-7,9-10H2,1H3,(H,16,20)(H,18,19). The Morgan fingerprint density at radius 1 is 1.48 bits per heavy atom. The number of carboxylic acids is 1. The van der Waals surface area contributed by atoms with Crippen LogP contribution < -0.4 is 5.32 Å². The molecule has 1 heterocycles. The number of amides is 2. The van der Waals surface area contributed by atoms with Crippen molar-refractivity contribution in [3.05, 3.63) is 29.8 Å². The number of nitrogens with one attached hydrogen (secondary N) is 1. The number of benzene rings is 1. The lowest BCUT2D eigenvalue weighted by molar-refractivity contribution is -0.136. The summed E-state index contributed by atoms with van der Waals surface area (Å²) >= 11 is 0. The second-order valence-corrected chi connectivity index (χ2v) is 5.05. The first-order valence-corrected chi connectivity index (χ1v) is 7.06. The summed E-state index contributed by atoms with van der Waals surface area (Å²) in [5.41, 5.74) is 1.27. The normalized spacial score (nSPS) is 18.3. The van der Waals surface area contributed by atoms with Gasteiger partial charge in [0.15, 0.2) is 0 Å². The van der Waals surface area contributed by atoms with Crippen molar-refractivity contribution >= 4 is 17.7 Å². The molecule has 0 aliphatic carbocycles. The summed E-state index contributed by atoms with van der Waals surface area (Å²) in [6, 6.07) is 6.72. The zero-order chi connectivity index (χ0) is 15.2. The van der Waals surface area contributed by atoms with Gasteiger partial charge >= 0.3 is 12.0 Å². The maximum absolute atomic E-state index is 12.2. The second-order valence-electron chi connectivity index (χ2n) is 5.05. The van der Waals surface area contributed by atoms with Crippen LogP contribution in [0.5, 0.6) is 0 Å². The SMILES string of the molecule is CCC1CN(C(=O)Nc2cccc(CC(=O)O)c2)CCO1. The van der Waals surface area contributed by atoms with E-state index in [9.17, 15) is 9.59 Å². The lowest BCUT2D eigenvalue weighted by atomic mass is 10.1. The van der Waals surface area contributed by atoms with Gasteiger partial charge in [0.1, 0.15) is 0 Å². The lowest BCUT2D eigenvalue weighted by Crippen LogP contribution is -2.47. The van der Waals surface area contributed by atoms with Gasteiger partial charge in [-0.05, 0) is 24.1 Å². The first-order valence-electron chi connectivity index (χ1n) is 7.06. The second kappa shape index (κ2) is 7.08. The molecular formula is C15H20N2O4. The van der Waals surface area contributed by atoms with Crippen LogP contribution in [0, 0.1) is 0 Å². The average molecular weight is 292 g/mol. The summed E-state index contributed by atoms with van der Waals surface area (Å²) < 4.78 is 5.53. The van der Waals surface area contributed by atoms with Gasteiger partial charge in [-0.2, -0.15) is 0 Å². The van der Waals surface area contributed by atoms with E-state index in [0.717, 1.165) is 6.42 Å². The van der Waals surface area contributed by atoms with Crippen LogP contribution in [0.3, 0.4) is 0 Å². The summed E-state index contributed by atoms with van der Waals surface area (Å²) in [6.45, 7) is 3.72. The maximum atomic E-state index is 12.2. The number of carboxylic acid groups (broad SMARTS) is 1. The Labute approximate surface area is 123 Å². The van der Waals surface area contributed by atoms with Gasteiger partial charge in [0.05, 0.1) is 19.1 Å². The topological polar surface area (TPSA) is 78.9 Å². The third-order valence-electron chi connectivity index (χ3n) is 3.41. The predicted octanol–water partition coefficient (Wildman–Crippen LogP) is 1.96. The molecule has 0 aromatic heterocycles. The number of carbonyl (C=O) groups excluding carboxylic acids is 1. The molecule has 0 radical (unpaired) electrons. The van der Waals surface area contributed by atoms with E-state index in [-0.39, 0.29) is 18.6 Å². The minimum atomic E-state index is -0.891. The summed E-state index contributed by atoms with van der Waals surface area (Å²) in [5.74, 6) is -0.891. The van der Waals surface area contributed by atoms with E-state index in [2.05, 4.69) is 5.32 Å². The fraction of sp³-hybridized carbons (Fsp3) is 0.467. The smallest absolute Gasteiger partial charge is 0.322 e. The fourth-order valence-corrected chi connectivity index (χ4v) is 2.29. The zero-order valence-corrected chi connectivity index (χ0v) is 12.0. The van der Waals surface area contributed by atoms with Crippen LogP contribution in [0.15, 0.2) is 24.3 Å². The maximum Gasteiger partial charge on any atom is 0.322 e. The molecule has 1 aromatic rings. The van der Waals surface area contributed by atoms with Crippen molar-refractivity contribution in [3.8, 4) is 0 Å². The molecule has 114 valence electrons. The lowest BCUT2D eigenvalue weighted by Gasteiger charge is -2.32. The minimum absolute atomic E-state index is 0.0564. The molecule has 2 amide bonds. The van der Waals surface area contributed by atoms with E-state index in [1.165, 1.54) is 0 Å². The minimum Gasteiger partial charge on any atom is -0.481 e. The van der Waals surface area contributed by atoms with Crippen LogP contribution >= 0.6 is 0 Å². The number of hydrogen-bond acceptors (Lipinski definition) is 3. The molecule has 1 aliphatic rings. The van der Waals surface area contributed by atoms with Crippen molar-refractivity contribution in [2.75, 3.05) is 25.0 Å². The van der Waals surface area contributed by atoms with Crippen molar-refractivity contribution < 1.29 is 19.4 Å². The molecule has 21 heavy (non-hydrogen) atoms. The Balaban J connectivity index is 1.97. The number of carbonyl (C=O) groups is 2. The molecule has 1 atom stereocenters. The number of urea groups is 1. The first kappa shape index (κ1) is 15.3. The highest BCUT2D eigenvalue weighted by atomic mass is 16.5. The molecule has 1 aliphatic heterocycles. The quantitative estimate of drug-likeness (QED) is 0.889. The summed E-state index contributed by atoms with van der Waals surface area (Å²) in [5, 5.41) is 11.6. The van der Waals surface area contributed by atoms with Crippen molar-refractivity contribution in [2.24, 2.45) is 0 Å². The summed E-state index contributed by atoms with van der Waals surface area (Å²) in [7, 11) is 0. The van der Waals surface area contributed by atoms with Crippen molar-refractivity contribution in [3.63, 3.8) is 0 Å². The third kappa shape index (κ3) is 4.46. The fourth-order valence-electron chi connectivity index (χ4n) is 2.29. The first-order chi connectivity index (χ1) is 10.1. The van der Waals surface area contributed by atoms with Gasteiger partial charge in [0.25, 0.3) is 0 Å². The molecule has 0 bridgehead atoms. The predicted molar refractivity (Wildman–Crippen MR) is 78.4 cm³/mol. The van der Waals surface area contributed by atoms with Crippen LogP contribution in [-0.2, 0) is 16.0 Å². The number of aliphatic carboxylic acids is 1. The molecular weight excluding hydrogens is 272 g/mol. The Hall–Kier alpha value is -2.08. The number of ether oxygens (including phenoxy) is 1. The Morgan fingerprint density at radius 2 is 2.29 bits per heavy atom. The van der Waals surface area contributed by atoms with E-state index >= 15 is 0 Å². The molecule has 0 saturated carbocycles. The molecule has 6 heteroatoms. The van der Waals surface area contributed by atoms with Gasteiger partial charge in [0.2, 0.25) is 0 Å². The van der Waals surface area contributed by atoms with E-state index in [4.69, 9.17) is 9.84 Å². The Bertz CT molecular complexity index is 518. The molecule has 1 unspecified atom stereocenters. The number of hydrogen-bond donors (Lipinski definition) is 2. The third-order valence-corrected chi connectivity index (χ3v) is 3.41. The summed E-state index contributed by atoms with van der Waals surface area (Å²) in [4.78, 5) is 24.6. The molecule has 2 N–H and O–H groups in total. The van der Waals surface area contributed by atoms with Crippen molar-refractivity contribution in [1.29, 1.82) is 0 Å². The molecule has 1 fully saturated rings. The highest BCUT2D eigenvalue weighted by Crippen LogP contribution is 2.14. The Kier molecular flexibility index (Phi) is 5.16. The highest BCUT2D eigenvalue weighted by Gasteiger charge is 2.23. The van der Waals surface area contributed by atoms with Crippen molar-refractivity contribution in [2.45, 2.75) is 25.9 Å². The molecule has 6 nitrogen and oxygen atoms in total. The van der Waals surface area contributed by atoms with E-state index in [1.807, 2.05) is 6.92 Å². The Morgan fingerprint density at radius 3 is 3.00 bits per heavy atom. The van der Waals surface area contributed by atoms with Crippen LogP contribution in [-0.4, -0.2) is 47.8 Å². The van der Waals surface area contributed by atoms with Gasteiger partial charge < -0.3 is 20.1 Å². The van der Waals surface area contributed by atoms with E-state index < -0.39 is 5.97 Å². The largest absolute Gasteiger partial charge is 0.481 e. The molecule has 0 spiro atoms. The molecule has 1 aromatic carbocycles. The van der Waals surface area contributed by atoms with Gasteiger partial charge in [-0.3, -0.25) is 4.79 Å². The zero-order valence-electron chi connectivity index (χ0n) is 12.0. The van der Waals surface area contributed by atoms with Crippen molar-refractivity contribution in [1.82, 2.24) is 4.90 Å².